The number of pyridine rings is 1. The van der Waals surface area contributed by atoms with Crippen molar-refractivity contribution < 1.29 is 18.3 Å². The zero-order valence-corrected chi connectivity index (χ0v) is 12.9. The van der Waals surface area contributed by atoms with Gasteiger partial charge in [-0.05, 0) is 29.8 Å². The Balaban J connectivity index is 1.69. The minimum atomic E-state index is -4.36. The molecule has 2 N–H and O–H groups in total. The van der Waals surface area contributed by atoms with Crippen molar-refractivity contribution in [2.45, 2.75) is 19.3 Å². The molecule has 8 heteroatoms. The zero-order valence-electron chi connectivity index (χ0n) is 12.9. The van der Waals surface area contributed by atoms with E-state index in [-0.39, 0.29) is 23.5 Å². The molecule has 0 amide bonds. The van der Waals surface area contributed by atoms with Crippen molar-refractivity contribution in [3.8, 4) is 5.75 Å². The summed E-state index contributed by atoms with van der Waals surface area (Å²) in [7, 11) is 0. The second kappa shape index (κ2) is 6.56. The minimum Gasteiger partial charge on any atom is -0.504 e. The Morgan fingerprint density at radius 2 is 1.84 bits per heavy atom. The molecule has 3 aromatic rings. The summed E-state index contributed by atoms with van der Waals surface area (Å²) in [6.07, 6.45) is -2.85. The van der Waals surface area contributed by atoms with Crippen molar-refractivity contribution >= 4 is 5.65 Å². The normalized spacial score (nSPS) is 11.8. The van der Waals surface area contributed by atoms with Crippen molar-refractivity contribution in [3.05, 3.63) is 75.8 Å². The Labute approximate surface area is 140 Å². The molecule has 5 nitrogen and oxygen atoms in total. The molecule has 2 heterocycles. The van der Waals surface area contributed by atoms with Crippen LogP contribution in [0.1, 0.15) is 16.8 Å². The summed E-state index contributed by atoms with van der Waals surface area (Å²) in [4.78, 5) is 16.2. The molecule has 3 rings (SSSR count). The molecule has 0 spiro atoms. The van der Waals surface area contributed by atoms with E-state index in [1.165, 1.54) is 40.9 Å². The highest BCUT2D eigenvalue weighted by Crippen LogP contribution is 2.29. The maximum absolute atomic E-state index is 12.5. The summed E-state index contributed by atoms with van der Waals surface area (Å²) >= 11 is 0. The van der Waals surface area contributed by atoms with Gasteiger partial charge in [0.15, 0.2) is 11.4 Å². The zero-order chi connectivity index (χ0) is 18.0. The third-order valence-corrected chi connectivity index (χ3v) is 3.64. The number of benzene rings is 1. The Bertz CT molecular complexity index is 950. The summed E-state index contributed by atoms with van der Waals surface area (Å²) in [5.41, 5.74) is 0.233. The van der Waals surface area contributed by atoms with Gasteiger partial charge in [-0.1, -0.05) is 12.1 Å². The number of aromatic nitrogens is 2. The van der Waals surface area contributed by atoms with Crippen LogP contribution >= 0.6 is 0 Å². The van der Waals surface area contributed by atoms with Crippen LogP contribution in [0.15, 0.2) is 53.5 Å². The van der Waals surface area contributed by atoms with Gasteiger partial charge in [0.25, 0.3) is 5.56 Å². The molecule has 0 saturated heterocycles. The minimum absolute atomic E-state index is 0.107. The van der Waals surface area contributed by atoms with Crippen molar-refractivity contribution in [2.24, 2.45) is 0 Å². The maximum atomic E-state index is 12.5. The lowest BCUT2D eigenvalue weighted by Crippen LogP contribution is -2.19. The highest BCUT2D eigenvalue weighted by atomic mass is 19.4. The molecule has 0 aliphatic rings. The van der Waals surface area contributed by atoms with Gasteiger partial charge in [0.2, 0.25) is 0 Å². The molecule has 0 aliphatic heterocycles. The second-order valence-electron chi connectivity index (χ2n) is 5.47. The summed E-state index contributed by atoms with van der Waals surface area (Å²) in [5.74, 6) is -0.107. The molecule has 0 bridgehead atoms. The molecule has 25 heavy (non-hydrogen) atoms. The van der Waals surface area contributed by atoms with Gasteiger partial charge in [-0.25, -0.2) is 4.98 Å². The van der Waals surface area contributed by atoms with Gasteiger partial charge in [-0.3, -0.25) is 9.20 Å². The van der Waals surface area contributed by atoms with E-state index < -0.39 is 11.7 Å². The number of fused-ring (bicyclic) bond motifs is 1. The molecular weight excluding hydrogens is 335 g/mol. The average Bonchev–Trinajstić information content (AvgIpc) is 2.56. The third kappa shape index (κ3) is 3.80. The van der Waals surface area contributed by atoms with Crippen molar-refractivity contribution in [1.82, 2.24) is 14.7 Å². The lowest BCUT2D eigenvalue weighted by atomic mass is 10.1. The van der Waals surface area contributed by atoms with Crippen LogP contribution in [0.25, 0.3) is 5.65 Å². The highest BCUT2D eigenvalue weighted by Gasteiger charge is 2.29. The molecule has 1 aromatic carbocycles. The molecule has 0 atom stereocenters. The first-order chi connectivity index (χ1) is 11.8. The molecule has 0 radical (unpaired) electrons. The number of nitrogens with one attached hydrogen (secondary N) is 1. The Morgan fingerprint density at radius 3 is 2.52 bits per heavy atom. The topological polar surface area (TPSA) is 66.6 Å². The predicted octanol–water partition coefficient (Wildman–Crippen LogP) is 2.71. The first-order valence-corrected chi connectivity index (χ1v) is 7.42. The molecule has 0 unspecified atom stereocenters. The van der Waals surface area contributed by atoms with Gasteiger partial charge in [-0.15, -0.1) is 0 Å². The first kappa shape index (κ1) is 17.0. The number of aromatic hydroxyl groups is 1. The molecule has 130 valence electrons. The van der Waals surface area contributed by atoms with E-state index in [9.17, 15) is 23.1 Å². The Kier molecular flexibility index (Phi) is 4.45. The summed E-state index contributed by atoms with van der Waals surface area (Å²) in [6, 6.07) is 9.14. The average molecular weight is 349 g/mol. The van der Waals surface area contributed by atoms with Crippen LogP contribution in [0.2, 0.25) is 0 Å². The van der Waals surface area contributed by atoms with E-state index in [0.29, 0.717) is 17.8 Å². The fourth-order valence-corrected chi connectivity index (χ4v) is 2.40. The summed E-state index contributed by atoms with van der Waals surface area (Å²) in [6.45, 7) is 0.557. The molecular formula is C17H14F3N3O2. The quantitative estimate of drug-likeness (QED) is 0.760. The Morgan fingerprint density at radius 1 is 1.12 bits per heavy atom. The van der Waals surface area contributed by atoms with E-state index in [2.05, 4.69) is 10.3 Å². The summed E-state index contributed by atoms with van der Waals surface area (Å²) in [5, 5.41) is 12.8. The molecule has 0 saturated carbocycles. The number of halogens is 3. The van der Waals surface area contributed by atoms with Crippen molar-refractivity contribution in [3.63, 3.8) is 0 Å². The van der Waals surface area contributed by atoms with Gasteiger partial charge >= 0.3 is 6.18 Å². The molecule has 0 aliphatic carbocycles. The number of nitrogens with zero attached hydrogens (tertiary/aromatic N) is 2. The third-order valence-electron chi connectivity index (χ3n) is 3.64. The number of rotatable bonds is 4. The fraction of sp³-hybridized carbons (Fsp3) is 0.176. The largest absolute Gasteiger partial charge is 0.504 e. The fourth-order valence-electron chi connectivity index (χ4n) is 2.40. The second-order valence-corrected chi connectivity index (χ2v) is 5.47. The van der Waals surface area contributed by atoms with Gasteiger partial charge in [0.1, 0.15) is 0 Å². The van der Waals surface area contributed by atoms with E-state index in [4.69, 9.17) is 0 Å². The smallest absolute Gasteiger partial charge is 0.416 e. The Hall–Kier alpha value is -2.87. The number of hydrogen-bond donors (Lipinski definition) is 2. The van der Waals surface area contributed by atoms with Gasteiger partial charge in [-0.2, -0.15) is 13.2 Å². The molecule has 2 aromatic heterocycles. The number of alkyl halides is 3. The standard InChI is InChI=1S/C17H14F3N3O2/c18-17(19,20)12-5-3-11(4-6-12)9-21-10-13-8-15(25)23-7-1-2-14(24)16(23)22-13/h1-8,21,24H,9-10H2. The lowest BCUT2D eigenvalue weighted by Gasteiger charge is -2.09. The van der Waals surface area contributed by atoms with Crippen LogP contribution in [0.3, 0.4) is 0 Å². The van der Waals surface area contributed by atoms with Crippen molar-refractivity contribution in [2.75, 3.05) is 0 Å². The first-order valence-electron chi connectivity index (χ1n) is 7.42. The monoisotopic (exact) mass is 349 g/mol. The van der Waals surface area contributed by atoms with Crippen LogP contribution in [-0.4, -0.2) is 14.5 Å². The van der Waals surface area contributed by atoms with E-state index in [0.717, 1.165) is 12.1 Å². The van der Waals surface area contributed by atoms with Crippen LogP contribution in [0, 0.1) is 0 Å². The van der Waals surface area contributed by atoms with Crippen molar-refractivity contribution in [1.29, 1.82) is 0 Å². The van der Waals surface area contributed by atoms with Crippen LogP contribution in [-0.2, 0) is 19.3 Å². The van der Waals surface area contributed by atoms with Gasteiger partial charge in [0.05, 0.1) is 11.3 Å². The van der Waals surface area contributed by atoms with Gasteiger partial charge in [0, 0.05) is 25.4 Å². The van der Waals surface area contributed by atoms with Crippen LogP contribution in [0.4, 0.5) is 13.2 Å². The van der Waals surface area contributed by atoms with Crippen LogP contribution < -0.4 is 10.9 Å². The van der Waals surface area contributed by atoms with E-state index in [1.54, 1.807) is 0 Å². The van der Waals surface area contributed by atoms with E-state index in [1.807, 2.05) is 0 Å². The van der Waals surface area contributed by atoms with Crippen LogP contribution in [0.5, 0.6) is 5.75 Å². The predicted molar refractivity (Wildman–Crippen MR) is 85.1 cm³/mol. The SMILES string of the molecule is O=c1cc(CNCc2ccc(C(F)(F)F)cc2)nc2c(O)cccn12. The maximum Gasteiger partial charge on any atom is 0.416 e. The van der Waals surface area contributed by atoms with E-state index >= 15 is 0 Å². The van der Waals surface area contributed by atoms with Gasteiger partial charge < -0.3 is 10.4 Å². The highest BCUT2D eigenvalue weighted by molar-refractivity contribution is 5.52. The summed E-state index contributed by atoms with van der Waals surface area (Å²) < 4.78 is 38.8. The number of hydrogen-bond acceptors (Lipinski definition) is 4. The lowest BCUT2D eigenvalue weighted by molar-refractivity contribution is -0.137. The molecule has 0 fully saturated rings.